The standard InChI is InChI=1S/C25H36O5/c1-15(26)30-18-6-9-23(2)17(13-18)4-5-21-20(23)7-10-24(3)19(8-11-25(21,24)28)16-12-22(27)29-14-16/h12,17-21,28H,4-11,13-14H2,1-3H3/t17-,18-,19-,20+,21-,23-,24-,25-/m1/s1. The van der Waals surface area contributed by atoms with E-state index in [-0.39, 0.29) is 34.8 Å². The van der Waals surface area contributed by atoms with Crippen LogP contribution in [0.15, 0.2) is 11.6 Å². The normalized spacial score (nSPS) is 50.1. The van der Waals surface area contributed by atoms with Crippen molar-refractivity contribution in [3.63, 3.8) is 0 Å². The fourth-order valence-corrected chi connectivity index (χ4v) is 8.71. The largest absolute Gasteiger partial charge is 0.463 e. The molecule has 30 heavy (non-hydrogen) atoms. The first-order valence-electron chi connectivity index (χ1n) is 11.9. The lowest BCUT2D eigenvalue weighted by Gasteiger charge is -2.63. The second-order valence-electron chi connectivity index (χ2n) is 11.3. The molecule has 8 atom stereocenters. The van der Waals surface area contributed by atoms with Gasteiger partial charge in [-0.05, 0) is 92.4 Å². The van der Waals surface area contributed by atoms with Crippen molar-refractivity contribution >= 4 is 11.9 Å². The van der Waals surface area contributed by atoms with E-state index in [4.69, 9.17) is 9.47 Å². The van der Waals surface area contributed by atoms with E-state index >= 15 is 0 Å². The number of carbonyl (C=O) groups excluding carboxylic acids is 2. The molecule has 4 fully saturated rings. The maximum absolute atomic E-state index is 12.2. The molecule has 5 aliphatic rings. The topological polar surface area (TPSA) is 72.8 Å². The van der Waals surface area contributed by atoms with Gasteiger partial charge in [0.15, 0.2) is 0 Å². The van der Waals surface area contributed by atoms with Gasteiger partial charge in [0.25, 0.3) is 0 Å². The van der Waals surface area contributed by atoms with E-state index < -0.39 is 5.60 Å². The Bertz CT molecular complexity index is 788. The fraction of sp³-hybridized carbons (Fsp3) is 0.840. The molecule has 4 aliphatic carbocycles. The molecule has 166 valence electrons. The highest BCUT2D eigenvalue weighted by Crippen LogP contribution is 2.69. The van der Waals surface area contributed by atoms with Crippen LogP contribution in [0.1, 0.15) is 78.6 Å². The lowest BCUT2D eigenvalue weighted by atomic mass is 9.43. The average molecular weight is 417 g/mol. The van der Waals surface area contributed by atoms with Crippen LogP contribution in [0.5, 0.6) is 0 Å². The van der Waals surface area contributed by atoms with E-state index in [9.17, 15) is 14.7 Å². The molecule has 0 spiro atoms. The van der Waals surface area contributed by atoms with Crippen molar-refractivity contribution < 1.29 is 24.2 Å². The second kappa shape index (κ2) is 6.82. The van der Waals surface area contributed by atoms with Gasteiger partial charge in [-0.25, -0.2) is 4.79 Å². The Morgan fingerprint density at radius 3 is 2.60 bits per heavy atom. The summed E-state index contributed by atoms with van der Waals surface area (Å²) >= 11 is 0. The molecule has 0 bridgehead atoms. The summed E-state index contributed by atoms with van der Waals surface area (Å²) in [5.41, 5.74) is 0.485. The van der Waals surface area contributed by atoms with Gasteiger partial charge < -0.3 is 14.6 Å². The summed E-state index contributed by atoms with van der Waals surface area (Å²) in [7, 11) is 0. The Labute approximate surface area is 179 Å². The number of ether oxygens (including phenoxy) is 2. The Kier molecular flexibility index (Phi) is 4.67. The number of rotatable bonds is 2. The molecule has 0 saturated heterocycles. The van der Waals surface area contributed by atoms with Crippen LogP contribution >= 0.6 is 0 Å². The van der Waals surface area contributed by atoms with Crippen LogP contribution in [0.4, 0.5) is 0 Å². The van der Waals surface area contributed by atoms with Gasteiger partial charge in [-0.15, -0.1) is 0 Å². The Hall–Kier alpha value is -1.36. The summed E-state index contributed by atoms with van der Waals surface area (Å²) in [5.74, 6) is 1.29. The minimum Gasteiger partial charge on any atom is -0.463 e. The predicted octanol–water partition coefficient (Wildman–Crippen LogP) is 4.18. The quantitative estimate of drug-likeness (QED) is 0.684. The average Bonchev–Trinajstić information content (AvgIpc) is 3.22. The van der Waals surface area contributed by atoms with Gasteiger partial charge in [-0.2, -0.15) is 0 Å². The molecule has 0 aromatic heterocycles. The summed E-state index contributed by atoms with van der Waals surface area (Å²) in [6.45, 7) is 6.64. The van der Waals surface area contributed by atoms with Gasteiger partial charge in [0.05, 0.1) is 5.60 Å². The van der Waals surface area contributed by atoms with Gasteiger partial charge in [0.1, 0.15) is 12.7 Å². The first-order valence-corrected chi connectivity index (χ1v) is 11.9. The minimum absolute atomic E-state index is 0.0665. The van der Waals surface area contributed by atoms with E-state index in [0.717, 1.165) is 63.4 Å². The number of carbonyl (C=O) groups is 2. The minimum atomic E-state index is -0.659. The fourth-order valence-electron chi connectivity index (χ4n) is 8.71. The third-order valence-corrected chi connectivity index (χ3v) is 10.3. The van der Waals surface area contributed by atoms with Crippen molar-refractivity contribution in [1.82, 2.24) is 0 Å². The van der Waals surface area contributed by atoms with E-state index in [1.807, 2.05) is 0 Å². The number of fused-ring (bicyclic) bond motifs is 5. The lowest BCUT2D eigenvalue weighted by Crippen LogP contribution is -2.62. The highest BCUT2D eigenvalue weighted by molar-refractivity contribution is 5.85. The first-order chi connectivity index (χ1) is 14.2. The molecule has 0 radical (unpaired) electrons. The molecule has 0 aromatic rings. The van der Waals surface area contributed by atoms with Crippen LogP contribution in [0.2, 0.25) is 0 Å². The lowest BCUT2D eigenvalue weighted by molar-refractivity contribution is -0.209. The highest BCUT2D eigenvalue weighted by atomic mass is 16.5. The van der Waals surface area contributed by atoms with Crippen molar-refractivity contribution in [2.45, 2.75) is 90.3 Å². The third-order valence-electron chi connectivity index (χ3n) is 10.3. The zero-order chi connectivity index (χ0) is 21.3. The zero-order valence-corrected chi connectivity index (χ0v) is 18.6. The molecule has 5 nitrogen and oxygen atoms in total. The molecule has 4 saturated carbocycles. The highest BCUT2D eigenvalue weighted by Gasteiger charge is 2.67. The van der Waals surface area contributed by atoms with Crippen molar-refractivity contribution in [3.8, 4) is 0 Å². The monoisotopic (exact) mass is 416 g/mol. The van der Waals surface area contributed by atoms with Crippen LogP contribution in [-0.4, -0.2) is 35.4 Å². The van der Waals surface area contributed by atoms with Gasteiger partial charge >= 0.3 is 11.9 Å². The van der Waals surface area contributed by atoms with Gasteiger partial charge in [-0.1, -0.05) is 13.8 Å². The Morgan fingerprint density at radius 2 is 1.90 bits per heavy atom. The first kappa shape index (κ1) is 20.5. The molecular weight excluding hydrogens is 380 g/mol. The van der Waals surface area contributed by atoms with Crippen LogP contribution in [0, 0.1) is 34.5 Å². The van der Waals surface area contributed by atoms with Crippen molar-refractivity contribution in [1.29, 1.82) is 0 Å². The molecule has 1 heterocycles. The maximum Gasteiger partial charge on any atom is 0.331 e. The smallest absolute Gasteiger partial charge is 0.331 e. The van der Waals surface area contributed by atoms with E-state index in [2.05, 4.69) is 13.8 Å². The Balaban J connectivity index is 1.40. The molecule has 1 N–H and O–H groups in total. The molecule has 5 heteroatoms. The molecule has 0 amide bonds. The zero-order valence-electron chi connectivity index (χ0n) is 18.6. The summed E-state index contributed by atoms with van der Waals surface area (Å²) in [6, 6.07) is 0. The summed E-state index contributed by atoms with van der Waals surface area (Å²) in [5, 5.41) is 12.2. The van der Waals surface area contributed by atoms with Crippen LogP contribution in [0.25, 0.3) is 0 Å². The number of hydrogen-bond acceptors (Lipinski definition) is 5. The summed E-state index contributed by atoms with van der Waals surface area (Å²) in [4.78, 5) is 23.1. The number of esters is 2. The predicted molar refractivity (Wildman–Crippen MR) is 111 cm³/mol. The summed E-state index contributed by atoms with van der Waals surface area (Å²) in [6.07, 6.45) is 10.9. The maximum atomic E-state index is 12.2. The van der Waals surface area contributed by atoms with Gasteiger partial charge in [0.2, 0.25) is 0 Å². The van der Waals surface area contributed by atoms with E-state index in [1.165, 1.54) is 6.92 Å². The molecule has 0 unspecified atom stereocenters. The van der Waals surface area contributed by atoms with Crippen molar-refractivity contribution in [2.75, 3.05) is 6.61 Å². The van der Waals surface area contributed by atoms with E-state index in [0.29, 0.717) is 24.4 Å². The number of hydrogen-bond donors (Lipinski definition) is 1. The van der Waals surface area contributed by atoms with E-state index in [1.54, 1.807) is 6.08 Å². The molecule has 5 rings (SSSR count). The second-order valence-corrected chi connectivity index (χ2v) is 11.3. The number of cyclic esters (lactones) is 1. The van der Waals surface area contributed by atoms with Crippen LogP contribution in [-0.2, 0) is 19.1 Å². The molecule has 0 aromatic carbocycles. The van der Waals surface area contributed by atoms with Crippen molar-refractivity contribution in [2.24, 2.45) is 34.5 Å². The molecule has 1 aliphatic heterocycles. The Morgan fingerprint density at radius 1 is 1.10 bits per heavy atom. The number of aliphatic hydroxyl groups is 1. The summed E-state index contributed by atoms with van der Waals surface area (Å²) < 4.78 is 10.8. The SMILES string of the molecule is CC(=O)O[C@@H]1CC[C@]2(C)[C@H](CC[C@@H]3[C@@H]2CC[C@]2(C)[C@@H](C4=CC(=O)OC4)CC[C@@]32O)C1. The van der Waals surface area contributed by atoms with Crippen LogP contribution < -0.4 is 0 Å². The molecular formula is C25H36O5. The van der Waals surface area contributed by atoms with Crippen LogP contribution in [0.3, 0.4) is 0 Å². The van der Waals surface area contributed by atoms with Crippen molar-refractivity contribution in [3.05, 3.63) is 11.6 Å². The van der Waals surface area contributed by atoms with Gasteiger partial charge in [-0.3, -0.25) is 4.79 Å². The van der Waals surface area contributed by atoms with Gasteiger partial charge in [0, 0.05) is 18.4 Å². The third kappa shape index (κ3) is 2.76.